The fourth-order valence-electron chi connectivity index (χ4n) is 2.42. The zero-order chi connectivity index (χ0) is 19.2. The van der Waals surface area contributed by atoms with Crippen LogP contribution in [0, 0.1) is 5.82 Å². The van der Waals surface area contributed by atoms with Gasteiger partial charge in [0.05, 0.1) is 11.6 Å². The highest BCUT2D eigenvalue weighted by Crippen LogP contribution is 2.37. The first-order valence-electron chi connectivity index (χ1n) is 8.35. The SMILES string of the molecule is CCOc1cc(CNc2nnnn2C)cc(Cl)c1OCc1ccc(F)cc1. The molecule has 2 aromatic carbocycles. The molecule has 27 heavy (non-hydrogen) atoms. The number of halogens is 2. The van der Waals surface area contributed by atoms with Gasteiger partial charge in [0.2, 0.25) is 5.95 Å². The van der Waals surface area contributed by atoms with Gasteiger partial charge in [0, 0.05) is 13.6 Å². The maximum Gasteiger partial charge on any atom is 0.242 e. The summed E-state index contributed by atoms with van der Waals surface area (Å²) in [5.41, 5.74) is 1.72. The topological polar surface area (TPSA) is 74.1 Å². The Balaban J connectivity index is 1.74. The minimum Gasteiger partial charge on any atom is -0.490 e. The highest BCUT2D eigenvalue weighted by atomic mass is 35.5. The molecule has 9 heteroatoms. The molecule has 0 bridgehead atoms. The lowest BCUT2D eigenvalue weighted by atomic mass is 10.2. The third-order valence-corrected chi connectivity index (χ3v) is 4.02. The number of anilines is 1. The van der Waals surface area contributed by atoms with Crippen LogP contribution in [0.15, 0.2) is 36.4 Å². The number of aryl methyl sites for hydroxylation is 1. The molecule has 0 saturated carbocycles. The number of tetrazole rings is 1. The molecule has 1 heterocycles. The zero-order valence-electron chi connectivity index (χ0n) is 14.9. The van der Waals surface area contributed by atoms with Crippen LogP contribution < -0.4 is 14.8 Å². The summed E-state index contributed by atoms with van der Waals surface area (Å²) in [5, 5.41) is 14.8. The van der Waals surface area contributed by atoms with Crippen LogP contribution in [0.3, 0.4) is 0 Å². The van der Waals surface area contributed by atoms with Crippen LogP contribution in [-0.2, 0) is 20.2 Å². The predicted molar refractivity (Wildman–Crippen MR) is 99.5 cm³/mol. The largest absolute Gasteiger partial charge is 0.490 e. The summed E-state index contributed by atoms with van der Waals surface area (Å²) in [4.78, 5) is 0. The summed E-state index contributed by atoms with van der Waals surface area (Å²) in [6.45, 7) is 3.07. The van der Waals surface area contributed by atoms with Gasteiger partial charge in [-0.2, -0.15) is 0 Å². The molecule has 3 rings (SSSR count). The van der Waals surface area contributed by atoms with E-state index in [1.807, 2.05) is 13.0 Å². The van der Waals surface area contributed by atoms with Gasteiger partial charge in [-0.25, -0.2) is 9.07 Å². The van der Waals surface area contributed by atoms with Crippen LogP contribution in [0.25, 0.3) is 0 Å². The Labute approximate surface area is 161 Å². The van der Waals surface area contributed by atoms with Gasteiger partial charge in [-0.1, -0.05) is 28.8 Å². The summed E-state index contributed by atoms with van der Waals surface area (Å²) < 4.78 is 26.1. The molecular formula is C18H19ClFN5O2. The normalized spacial score (nSPS) is 10.7. The summed E-state index contributed by atoms with van der Waals surface area (Å²) in [7, 11) is 1.74. The smallest absolute Gasteiger partial charge is 0.242 e. The minimum absolute atomic E-state index is 0.252. The molecular weight excluding hydrogens is 373 g/mol. The summed E-state index contributed by atoms with van der Waals surface area (Å²) in [6, 6.07) is 9.75. The van der Waals surface area contributed by atoms with Gasteiger partial charge in [0.25, 0.3) is 0 Å². The molecule has 1 N–H and O–H groups in total. The molecule has 0 aliphatic carbocycles. The summed E-state index contributed by atoms with van der Waals surface area (Å²) in [6.07, 6.45) is 0. The van der Waals surface area contributed by atoms with Crippen molar-refractivity contribution in [2.45, 2.75) is 20.1 Å². The Hall–Kier alpha value is -2.87. The third-order valence-electron chi connectivity index (χ3n) is 3.74. The molecule has 0 saturated heterocycles. The second-order valence-electron chi connectivity index (χ2n) is 5.73. The molecule has 0 atom stereocenters. The molecule has 3 aromatic rings. The van der Waals surface area contributed by atoms with Crippen molar-refractivity contribution in [3.63, 3.8) is 0 Å². The quantitative estimate of drug-likeness (QED) is 0.632. The van der Waals surface area contributed by atoms with E-state index in [9.17, 15) is 4.39 Å². The summed E-state index contributed by atoms with van der Waals surface area (Å²) >= 11 is 6.42. The average Bonchev–Trinajstić information content (AvgIpc) is 3.06. The third kappa shape index (κ3) is 4.85. The van der Waals surface area contributed by atoms with Crippen molar-refractivity contribution in [1.82, 2.24) is 20.2 Å². The van der Waals surface area contributed by atoms with Crippen molar-refractivity contribution < 1.29 is 13.9 Å². The molecule has 0 spiro atoms. The van der Waals surface area contributed by atoms with Crippen LogP contribution >= 0.6 is 11.6 Å². The number of ether oxygens (including phenoxy) is 2. The van der Waals surface area contributed by atoms with E-state index in [1.165, 1.54) is 16.8 Å². The van der Waals surface area contributed by atoms with Crippen LogP contribution in [0.1, 0.15) is 18.1 Å². The Kier molecular flexibility index (Phi) is 6.08. The van der Waals surface area contributed by atoms with Crippen LogP contribution in [0.5, 0.6) is 11.5 Å². The van der Waals surface area contributed by atoms with Gasteiger partial charge in [0.1, 0.15) is 12.4 Å². The number of nitrogens with one attached hydrogen (secondary N) is 1. The van der Waals surface area contributed by atoms with E-state index in [-0.39, 0.29) is 12.4 Å². The molecule has 0 amide bonds. The Morgan fingerprint density at radius 1 is 1.15 bits per heavy atom. The van der Waals surface area contributed by atoms with Gasteiger partial charge in [-0.3, -0.25) is 0 Å². The lowest BCUT2D eigenvalue weighted by molar-refractivity contribution is 0.269. The Morgan fingerprint density at radius 3 is 2.59 bits per heavy atom. The fourth-order valence-corrected chi connectivity index (χ4v) is 2.71. The predicted octanol–water partition coefficient (Wildman–Crippen LogP) is 3.59. The van der Waals surface area contributed by atoms with Crippen molar-refractivity contribution in [2.75, 3.05) is 11.9 Å². The fraction of sp³-hybridized carbons (Fsp3) is 0.278. The van der Waals surface area contributed by atoms with E-state index in [2.05, 4.69) is 20.8 Å². The van der Waals surface area contributed by atoms with Crippen LogP contribution in [0.2, 0.25) is 5.02 Å². The van der Waals surface area contributed by atoms with Crippen molar-refractivity contribution in [1.29, 1.82) is 0 Å². The number of aromatic nitrogens is 4. The van der Waals surface area contributed by atoms with E-state index in [0.29, 0.717) is 35.6 Å². The Morgan fingerprint density at radius 2 is 1.93 bits per heavy atom. The first-order chi connectivity index (χ1) is 13.1. The number of rotatable bonds is 8. The minimum atomic E-state index is -0.290. The molecule has 0 unspecified atom stereocenters. The molecule has 7 nitrogen and oxygen atoms in total. The molecule has 142 valence electrons. The lowest BCUT2D eigenvalue weighted by Crippen LogP contribution is -2.07. The van der Waals surface area contributed by atoms with Crippen LogP contribution in [0.4, 0.5) is 10.3 Å². The van der Waals surface area contributed by atoms with Crippen molar-refractivity contribution in [3.8, 4) is 11.5 Å². The van der Waals surface area contributed by atoms with Gasteiger partial charge in [0.15, 0.2) is 11.5 Å². The molecule has 0 aliphatic heterocycles. The highest BCUT2D eigenvalue weighted by molar-refractivity contribution is 6.32. The van der Waals surface area contributed by atoms with Gasteiger partial charge in [-0.15, -0.1) is 0 Å². The number of benzene rings is 2. The van der Waals surface area contributed by atoms with Crippen LogP contribution in [-0.4, -0.2) is 26.8 Å². The van der Waals surface area contributed by atoms with E-state index in [1.54, 1.807) is 25.2 Å². The monoisotopic (exact) mass is 391 g/mol. The highest BCUT2D eigenvalue weighted by Gasteiger charge is 2.14. The maximum absolute atomic E-state index is 13.0. The number of nitrogens with zero attached hydrogens (tertiary/aromatic N) is 4. The first-order valence-corrected chi connectivity index (χ1v) is 8.73. The van der Waals surface area contributed by atoms with Gasteiger partial charge >= 0.3 is 0 Å². The van der Waals surface area contributed by atoms with Gasteiger partial charge in [-0.05, 0) is 52.7 Å². The summed E-state index contributed by atoms with van der Waals surface area (Å²) in [5.74, 6) is 1.24. The number of hydrogen-bond donors (Lipinski definition) is 1. The second-order valence-corrected chi connectivity index (χ2v) is 6.14. The molecule has 0 aliphatic rings. The van der Waals surface area contributed by atoms with Crippen molar-refractivity contribution in [2.24, 2.45) is 7.05 Å². The lowest BCUT2D eigenvalue weighted by Gasteiger charge is -2.15. The van der Waals surface area contributed by atoms with E-state index in [4.69, 9.17) is 21.1 Å². The standard InChI is InChI=1S/C18H19ClFN5O2/c1-3-26-16-9-13(10-21-18-22-23-24-25(18)2)8-15(19)17(16)27-11-12-4-6-14(20)7-5-12/h4-9H,3,10-11H2,1-2H3,(H,21,22,24). The zero-order valence-corrected chi connectivity index (χ0v) is 15.7. The van der Waals surface area contributed by atoms with E-state index < -0.39 is 0 Å². The molecule has 0 radical (unpaired) electrons. The second kappa shape index (κ2) is 8.68. The first kappa shape index (κ1) is 18.9. The van der Waals surface area contributed by atoms with Crippen molar-refractivity contribution >= 4 is 17.5 Å². The molecule has 0 fully saturated rings. The van der Waals surface area contributed by atoms with Gasteiger partial charge < -0.3 is 14.8 Å². The molecule has 1 aromatic heterocycles. The van der Waals surface area contributed by atoms with E-state index in [0.717, 1.165) is 11.1 Å². The van der Waals surface area contributed by atoms with Crippen molar-refractivity contribution in [3.05, 3.63) is 58.4 Å². The maximum atomic E-state index is 13.0. The number of hydrogen-bond acceptors (Lipinski definition) is 6. The average molecular weight is 392 g/mol. The van der Waals surface area contributed by atoms with E-state index >= 15 is 0 Å². The Bertz CT molecular complexity index is 901.